The Morgan fingerprint density at radius 1 is 1.58 bits per heavy atom. The van der Waals surface area contributed by atoms with Crippen molar-refractivity contribution >= 4 is 5.95 Å². The number of nitrogens with one attached hydrogen (secondary N) is 1. The highest BCUT2D eigenvalue weighted by atomic mass is 16.1. The third-order valence-corrected chi connectivity index (χ3v) is 1.52. The van der Waals surface area contributed by atoms with Crippen LogP contribution in [0.1, 0.15) is 12.6 Å². The smallest absolute Gasteiger partial charge is 0.295 e. The fourth-order valence-electron chi connectivity index (χ4n) is 0.826. The number of anilines is 1. The van der Waals surface area contributed by atoms with Gasteiger partial charge in [0.2, 0.25) is 5.95 Å². The van der Waals surface area contributed by atoms with Crippen molar-refractivity contribution in [2.75, 3.05) is 18.2 Å². The van der Waals surface area contributed by atoms with Gasteiger partial charge in [0.05, 0.1) is 0 Å². The number of nitrogens with zero attached hydrogens (tertiary/aromatic N) is 3. The summed E-state index contributed by atoms with van der Waals surface area (Å²) in [5, 5.41) is 10.1. The van der Waals surface area contributed by atoms with E-state index in [1.54, 1.807) is 7.05 Å². The Morgan fingerprint density at radius 3 is 2.75 bits per heavy atom. The second-order valence-electron chi connectivity index (χ2n) is 2.25. The number of nitrogen functional groups attached to an aromatic ring is 1. The predicted molar refractivity (Wildman–Crippen MR) is 45.4 cm³/mol. The molecular formula is C6H11N5O. The monoisotopic (exact) mass is 169 g/mol. The first-order valence-corrected chi connectivity index (χ1v) is 3.62. The van der Waals surface area contributed by atoms with Gasteiger partial charge in [-0.25, -0.2) is 0 Å². The zero-order valence-corrected chi connectivity index (χ0v) is 7.03. The van der Waals surface area contributed by atoms with Crippen LogP contribution in [0.2, 0.25) is 0 Å². The maximum atomic E-state index is 11.3. The molecule has 12 heavy (non-hydrogen) atoms. The molecule has 0 amide bonds. The third-order valence-electron chi connectivity index (χ3n) is 1.52. The molecule has 0 atom stereocenters. The average molecular weight is 169 g/mol. The second-order valence-corrected chi connectivity index (χ2v) is 2.25. The van der Waals surface area contributed by atoms with Crippen LogP contribution in [-0.4, -0.2) is 21.9 Å². The van der Waals surface area contributed by atoms with E-state index in [2.05, 4.69) is 15.5 Å². The van der Waals surface area contributed by atoms with Gasteiger partial charge in [-0.15, -0.1) is 10.2 Å². The molecule has 6 nitrogen and oxygen atoms in total. The van der Waals surface area contributed by atoms with Crippen LogP contribution in [0.5, 0.6) is 0 Å². The Morgan fingerprint density at radius 2 is 2.25 bits per heavy atom. The topological polar surface area (TPSA) is 85.8 Å². The number of nitrogens with two attached hydrogens (primary N) is 1. The van der Waals surface area contributed by atoms with Crippen LogP contribution in [0.3, 0.4) is 0 Å². The Bertz CT molecular complexity index is 331. The lowest BCUT2D eigenvalue weighted by Crippen LogP contribution is -2.33. The van der Waals surface area contributed by atoms with Crippen LogP contribution >= 0.6 is 0 Å². The molecule has 0 spiro atoms. The van der Waals surface area contributed by atoms with Gasteiger partial charge in [-0.2, -0.15) is 4.68 Å². The van der Waals surface area contributed by atoms with Crippen LogP contribution in [0, 0.1) is 0 Å². The van der Waals surface area contributed by atoms with Crippen LogP contribution in [0.4, 0.5) is 5.95 Å². The number of aromatic nitrogens is 3. The molecular weight excluding hydrogens is 158 g/mol. The minimum absolute atomic E-state index is 0.261. The molecule has 6 heteroatoms. The van der Waals surface area contributed by atoms with Gasteiger partial charge >= 0.3 is 0 Å². The summed E-state index contributed by atoms with van der Waals surface area (Å²) in [6.07, 6.45) is 0.535. The van der Waals surface area contributed by atoms with E-state index in [-0.39, 0.29) is 11.5 Å². The Labute approximate surface area is 69.4 Å². The van der Waals surface area contributed by atoms with Crippen molar-refractivity contribution < 1.29 is 0 Å². The zero-order valence-electron chi connectivity index (χ0n) is 7.03. The van der Waals surface area contributed by atoms with Gasteiger partial charge in [0.25, 0.3) is 5.56 Å². The summed E-state index contributed by atoms with van der Waals surface area (Å²) in [6, 6.07) is 0. The largest absolute Gasteiger partial charge is 0.356 e. The second kappa shape index (κ2) is 3.21. The van der Waals surface area contributed by atoms with Crippen LogP contribution in [0.25, 0.3) is 0 Å². The summed E-state index contributed by atoms with van der Waals surface area (Å²) < 4.78 is 0.950. The fraction of sp³-hybridized carbons (Fsp3) is 0.500. The molecule has 0 fully saturated rings. The summed E-state index contributed by atoms with van der Waals surface area (Å²) in [5.41, 5.74) is 0.0633. The molecule has 1 rings (SSSR count). The highest BCUT2D eigenvalue weighted by molar-refractivity contribution is 5.22. The summed E-state index contributed by atoms with van der Waals surface area (Å²) in [4.78, 5) is 11.3. The van der Waals surface area contributed by atoms with Gasteiger partial charge < -0.3 is 11.2 Å². The van der Waals surface area contributed by atoms with E-state index < -0.39 is 0 Å². The highest BCUT2D eigenvalue weighted by Crippen LogP contribution is 1.92. The molecule has 0 bridgehead atoms. The van der Waals surface area contributed by atoms with E-state index in [1.165, 1.54) is 0 Å². The van der Waals surface area contributed by atoms with Crippen molar-refractivity contribution in [1.82, 2.24) is 14.9 Å². The lowest BCUT2D eigenvalue weighted by Gasteiger charge is -2.04. The maximum Gasteiger partial charge on any atom is 0.295 e. The van der Waals surface area contributed by atoms with Gasteiger partial charge in [-0.3, -0.25) is 4.79 Å². The predicted octanol–water partition coefficient (Wildman–Crippen LogP) is -1.04. The van der Waals surface area contributed by atoms with E-state index in [9.17, 15) is 4.79 Å². The van der Waals surface area contributed by atoms with E-state index in [0.717, 1.165) is 4.68 Å². The number of hydrogen-bond donors (Lipinski definition) is 2. The minimum atomic E-state index is -0.308. The normalized spacial score (nSPS) is 9.83. The zero-order chi connectivity index (χ0) is 9.14. The fourth-order valence-corrected chi connectivity index (χ4v) is 0.826. The molecule has 3 N–H and O–H groups in total. The molecule has 0 saturated heterocycles. The Hall–Kier alpha value is -1.59. The molecule has 66 valence electrons. The SMILES string of the molecule is CCc1nnc(NC)n(N)c1=O. The maximum absolute atomic E-state index is 11.3. The molecule has 0 aromatic carbocycles. The Balaban J connectivity index is 3.30. The van der Waals surface area contributed by atoms with Crippen LogP contribution < -0.4 is 16.7 Å². The van der Waals surface area contributed by atoms with Crippen molar-refractivity contribution in [3.8, 4) is 0 Å². The first-order chi connectivity index (χ1) is 5.70. The van der Waals surface area contributed by atoms with E-state index in [4.69, 9.17) is 5.84 Å². The lowest BCUT2D eigenvalue weighted by atomic mass is 10.4. The van der Waals surface area contributed by atoms with Gasteiger partial charge in [0, 0.05) is 7.05 Å². The summed E-state index contributed by atoms with van der Waals surface area (Å²) in [5.74, 6) is 5.67. The third kappa shape index (κ3) is 1.23. The van der Waals surface area contributed by atoms with E-state index >= 15 is 0 Å². The highest BCUT2D eigenvalue weighted by Gasteiger charge is 2.05. The molecule has 0 aliphatic carbocycles. The molecule has 0 aliphatic heterocycles. The van der Waals surface area contributed by atoms with E-state index in [0.29, 0.717) is 12.1 Å². The van der Waals surface area contributed by atoms with Crippen LogP contribution in [-0.2, 0) is 6.42 Å². The quantitative estimate of drug-likeness (QED) is 0.552. The first kappa shape index (κ1) is 8.51. The standard InChI is InChI=1S/C6H11N5O/c1-3-4-5(12)11(7)6(8-2)10-9-4/h3,7H2,1-2H3,(H,8,10). The van der Waals surface area contributed by atoms with Gasteiger partial charge in [0.1, 0.15) is 5.69 Å². The molecule has 1 aromatic heterocycles. The molecule has 0 unspecified atom stereocenters. The van der Waals surface area contributed by atoms with Crippen LogP contribution in [0.15, 0.2) is 4.79 Å². The van der Waals surface area contributed by atoms with Crippen molar-refractivity contribution in [2.24, 2.45) is 0 Å². The molecule has 0 saturated carbocycles. The molecule has 1 aromatic rings. The Kier molecular flexibility index (Phi) is 2.27. The minimum Gasteiger partial charge on any atom is -0.356 e. The van der Waals surface area contributed by atoms with Gasteiger partial charge in [-0.1, -0.05) is 6.92 Å². The van der Waals surface area contributed by atoms with Crippen molar-refractivity contribution in [2.45, 2.75) is 13.3 Å². The van der Waals surface area contributed by atoms with Gasteiger partial charge in [-0.05, 0) is 6.42 Å². The molecule has 1 heterocycles. The number of aryl methyl sites for hydroxylation is 1. The summed E-state index contributed by atoms with van der Waals surface area (Å²) in [7, 11) is 1.62. The van der Waals surface area contributed by atoms with E-state index in [1.807, 2.05) is 6.92 Å². The van der Waals surface area contributed by atoms with Crippen molar-refractivity contribution in [3.63, 3.8) is 0 Å². The summed E-state index contributed by atoms with van der Waals surface area (Å²) >= 11 is 0. The van der Waals surface area contributed by atoms with Gasteiger partial charge in [0.15, 0.2) is 0 Å². The molecule has 0 aliphatic rings. The first-order valence-electron chi connectivity index (χ1n) is 3.62. The number of rotatable bonds is 2. The number of hydrogen-bond acceptors (Lipinski definition) is 5. The van der Waals surface area contributed by atoms with Crippen molar-refractivity contribution in [1.29, 1.82) is 0 Å². The molecule has 0 radical (unpaired) electrons. The average Bonchev–Trinajstić information content (AvgIpc) is 2.10. The summed E-state index contributed by atoms with van der Waals surface area (Å²) in [6.45, 7) is 1.82. The lowest BCUT2D eigenvalue weighted by molar-refractivity contribution is 0.779. The van der Waals surface area contributed by atoms with Crippen molar-refractivity contribution in [3.05, 3.63) is 16.0 Å².